The number of H-pyrrole nitrogens is 1. The van der Waals surface area contributed by atoms with E-state index in [1.165, 1.54) is 16.4 Å². The summed E-state index contributed by atoms with van der Waals surface area (Å²) in [6.45, 7) is 1.90. The number of nitrogens with zero attached hydrogens (tertiary/aromatic N) is 2. The molecule has 0 spiro atoms. The second-order valence-corrected chi connectivity index (χ2v) is 6.17. The van der Waals surface area contributed by atoms with E-state index in [0.717, 1.165) is 14.9 Å². The molecule has 1 atom stereocenters. The maximum absolute atomic E-state index is 11.3. The van der Waals surface area contributed by atoms with E-state index >= 15 is 0 Å². The number of nitrogens with two attached hydrogens (primary N) is 1. The van der Waals surface area contributed by atoms with Crippen molar-refractivity contribution in [2.24, 2.45) is 12.8 Å². The summed E-state index contributed by atoms with van der Waals surface area (Å²) in [5.41, 5.74) is 5.32. The van der Waals surface area contributed by atoms with E-state index in [0.29, 0.717) is 5.16 Å². The molecule has 20 heavy (non-hydrogen) atoms. The van der Waals surface area contributed by atoms with Crippen molar-refractivity contribution in [2.75, 3.05) is 0 Å². The lowest BCUT2D eigenvalue weighted by molar-refractivity contribution is 0.596. The van der Waals surface area contributed by atoms with Gasteiger partial charge < -0.3 is 5.73 Å². The Bertz CT molecular complexity index is 754. The first-order valence-corrected chi connectivity index (χ1v) is 7.39. The van der Waals surface area contributed by atoms with E-state index < -0.39 is 11.1 Å². The normalized spacial score (nSPS) is 12.4. The molecule has 0 bridgehead atoms. The quantitative estimate of drug-likeness (QED) is 0.810. The minimum absolute atomic E-state index is 0.0704. The maximum atomic E-state index is 11.3. The highest BCUT2D eigenvalue weighted by atomic mass is 79.9. The standard InChI is InChI=1S/C12H13BrN4O2S/c1-6(14)8-4-3-7(5-9(8)13)20-12-15-10(18)11(19)16-17(12)2/h3-6H,14H2,1-2H3,(H,16,19). The van der Waals surface area contributed by atoms with Gasteiger partial charge in [-0.2, -0.15) is 4.98 Å². The van der Waals surface area contributed by atoms with Gasteiger partial charge in [0, 0.05) is 22.5 Å². The lowest BCUT2D eigenvalue weighted by Crippen LogP contribution is -2.33. The van der Waals surface area contributed by atoms with Gasteiger partial charge in [0.05, 0.1) is 0 Å². The number of rotatable bonds is 3. The largest absolute Gasteiger partial charge is 0.339 e. The molecule has 1 heterocycles. The van der Waals surface area contributed by atoms with Crippen molar-refractivity contribution >= 4 is 27.7 Å². The molecular formula is C12H13BrN4O2S. The molecule has 1 unspecified atom stereocenters. The fraction of sp³-hybridized carbons (Fsp3) is 0.250. The fourth-order valence-corrected chi connectivity index (χ4v) is 3.32. The number of hydrogen-bond donors (Lipinski definition) is 2. The molecule has 1 aromatic carbocycles. The molecule has 2 aromatic rings. The van der Waals surface area contributed by atoms with E-state index in [4.69, 9.17) is 5.73 Å². The molecule has 0 fully saturated rings. The molecule has 0 saturated carbocycles. The molecular weight excluding hydrogens is 344 g/mol. The van der Waals surface area contributed by atoms with Crippen LogP contribution in [0.2, 0.25) is 0 Å². The van der Waals surface area contributed by atoms with Crippen LogP contribution < -0.4 is 16.9 Å². The van der Waals surface area contributed by atoms with Crippen LogP contribution in [0.25, 0.3) is 0 Å². The summed E-state index contributed by atoms with van der Waals surface area (Å²) < 4.78 is 2.31. The van der Waals surface area contributed by atoms with Crippen LogP contribution in [0.3, 0.4) is 0 Å². The maximum Gasteiger partial charge on any atom is 0.339 e. The van der Waals surface area contributed by atoms with Crippen molar-refractivity contribution in [1.82, 2.24) is 14.8 Å². The summed E-state index contributed by atoms with van der Waals surface area (Å²) >= 11 is 4.75. The van der Waals surface area contributed by atoms with E-state index in [1.807, 2.05) is 25.1 Å². The van der Waals surface area contributed by atoms with Gasteiger partial charge >= 0.3 is 11.1 Å². The Kier molecular flexibility index (Phi) is 4.46. The van der Waals surface area contributed by atoms with Gasteiger partial charge in [0.25, 0.3) is 0 Å². The first-order chi connectivity index (χ1) is 9.38. The molecule has 0 saturated heterocycles. The van der Waals surface area contributed by atoms with Crippen molar-refractivity contribution in [3.05, 3.63) is 48.9 Å². The molecule has 0 aliphatic heterocycles. The molecule has 8 heteroatoms. The van der Waals surface area contributed by atoms with Gasteiger partial charge in [-0.1, -0.05) is 33.8 Å². The van der Waals surface area contributed by atoms with Gasteiger partial charge in [-0.3, -0.25) is 19.4 Å². The number of aromatic amines is 1. The summed E-state index contributed by atoms with van der Waals surface area (Å²) in [4.78, 5) is 27.0. The Labute approximate surface area is 127 Å². The Hall–Kier alpha value is -1.38. The van der Waals surface area contributed by atoms with E-state index in [-0.39, 0.29) is 6.04 Å². The van der Waals surface area contributed by atoms with Gasteiger partial charge in [-0.05, 0) is 24.6 Å². The van der Waals surface area contributed by atoms with E-state index in [1.54, 1.807) is 7.05 Å². The summed E-state index contributed by atoms with van der Waals surface area (Å²) in [6.07, 6.45) is 0. The van der Waals surface area contributed by atoms with Gasteiger partial charge in [0.1, 0.15) is 0 Å². The molecule has 0 radical (unpaired) electrons. The Morgan fingerprint density at radius 2 is 2.15 bits per heavy atom. The molecule has 3 N–H and O–H groups in total. The fourth-order valence-electron chi connectivity index (χ4n) is 1.60. The van der Waals surface area contributed by atoms with Crippen molar-refractivity contribution in [3.63, 3.8) is 0 Å². The first-order valence-electron chi connectivity index (χ1n) is 5.78. The highest BCUT2D eigenvalue weighted by Gasteiger charge is 2.09. The molecule has 0 aliphatic rings. The number of aromatic nitrogens is 3. The molecule has 2 rings (SSSR count). The van der Waals surface area contributed by atoms with Crippen LogP contribution >= 0.6 is 27.7 Å². The van der Waals surface area contributed by atoms with Crippen LogP contribution in [0, 0.1) is 0 Å². The Morgan fingerprint density at radius 3 is 2.75 bits per heavy atom. The molecule has 1 aromatic heterocycles. The predicted molar refractivity (Wildman–Crippen MR) is 81.0 cm³/mol. The third-order valence-electron chi connectivity index (χ3n) is 2.62. The van der Waals surface area contributed by atoms with Crippen LogP contribution in [0.5, 0.6) is 0 Å². The lowest BCUT2D eigenvalue weighted by Gasteiger charge is -2.10. The second-order valence-electron chi connectivity index (χ2n) is 4.27. The average Bonchev–Trinajstić information content (AvgIpc) is 2.35. The number of nitrogens with one attached hydrogen (secondary N) is 1. The van der Waals surface area contributed by atoms with Crippen LogP contribution in [-0.4, -0.2) is 14.8 Å². The molecule has 0 aliphatic carbocycles. The summed E-state index contributed by atoms with van der Waals surface area (Å²) in [5, 5.41) is 2.82. The summed E-state index contributed by atoms with van der Waals surface area (Å²) in [6, 6.07) is 5.64. The molecule has 106 valence electrons. The first kappa shape index (κ1) is 15.0. The van der Waals surface area contributed by atoms with Crippen molar-refractivity contribution < 1.29 is 0 Å². The monoisotopic (exact) mass is 356 g/mol. The van der Waals surface area contributed by atoms with E-state index in [2.05, 4.69) is 26.0 Å². The highest BCUT2D eigenvalue weighted by Crippen LogP contribution is 2.30. The number of hydrogen-bond acceptors (Lipinski definition) is 5. The SMILES string of the molecule is CC(N)c1ccc(Sc2nc(=O)c(=O)[nH]n2C)cc1Br. The van der Waals surface area contributed by atoms with Crippen molar-refractivity contribution in [3.8, 4) is 0 Å². The second kappa shape index (κ2) is 5.94. The average molecular weight is 357 g/mol. The highest BCUT2D eigenvalue weighted by molar-refractivity contribution is 9.10. The predicted octanol–water partition coefficient (Wildman–Crippen LogP) is 1.40. The minimum atomic E-state index is -0.795. The van der Waals surface area contributed by atoms with Gasteiger partial charge in [-0.25, -0.2) is 0 Å². The van der Waals surface area contributed by atoms with Crippen LogP contribution in [0.1, 0.15) is 18.5 Å². The van der Waals surface area contributed by atoms with Crippen LogP contribution in [0.15, 0.2) is 42.3 Å². The topological polar surface area (TPSA) is 93.8 Å². The zero-order valence-electron chi connectivity index (χ0n) is 10.9. The summed E-state index contributed by atoms with van der Waals surface area (Å²) in [5.74, 6) is 0. The number of benzene rings is 1. The Morgan fingerprint density at radius 1 is 1.45 bits per heavy atom. The Balaban J connectivity index is 2.36. The number of halogens is 1. The molecule has 0 amide bonds. The third kappa shape index (κ3) is 3.20. The van der Waals surface area contributed by atoms with Gasteiger partial charge in [0.15, 0.2) is 5.16 Å². The van der Waals surface area contributed by atoms with Gasteiger partial charge in [0.2, 0.25) is 0 Å². The van der Waals surface area contributed by atoms with Crippen molar-refractivity contribution in [1.29, 1.82) is 0 Å². The van der Waals surface area contributed by atoms with Crippen LogP contribution in [-0.2, 0) is 7.05 Å². The number of aryl methyl sites for hydroxylation is 1. The van der Waals surface area contributed by atoms with Crippen molar-refractivity contribution in [2.45, 2.75) is 23.0 Å². The smallest absolute Gasteiger partial charge is 0.324 e. The zero-order chi connectivity index (χ0) is 14.9. The van der Waals surface area contributed by atoms with E-state index in [9.17, 15) is 9.59 Å². The van der Waals surface area contributed by atoms with Crippen LogP contribution in [0.4, 0.5) is 0 Å². The zero-order valence-corrected chi connectivity index (χ0v) is 13.3. The third-order valence-corrected chi connectivity index (χ3v) is 4.34. The minimum Gasteiger partial charge on any atom is -0.324 e. The van der Waals surface area contributed by atoms with Gasteiger partial charge in [-0.15, -0.1) is 0 Å². The summed E-state index contributed by atoms with van der Waals surface area (Å²) in [7, 11) is 1.63. The molecule has 6 nitrogen and oxygen atoms in total. The lowest BCUT2D eigenvalue weighted by atomic mass is 10.1.